The molecule has 0 radical (unpaired) electrons. The molecule has 8 nitrogen and oxygen atoms in total. The number of benzene rings is 3. The van der Waals surface area contributed by atoms with Crippen LogP contribution in [0.15, 0.2) is 93.9 Å². The predicted molar refractivity (Wildman–Crippen MR) is 143 cm³/mol. The van der Waals surface area contributed by atoms with Gasteiger partial charge in [-0.3, -0.25) is 24.3 Å². The van der Waals surface area contributed by atoms with Gasteiger partial charge < -0.3 is 5.32 Å². The average molecular weight is 549 g/mol. The molecule has 0 bridgehead atoms. The SMILES string of the molecule is CC1=C(C(=O)Nc2ccc(F)cc2)C(c2ccccc2[N+](=O)[O-])n2c(s/c(=C/c3ccccc3Cl)c2=O)=N1. The number of nitro benzene ring substituents is 1. The van der Waals surface area contributed by atoms with Gasteiger partial charge in [-0.2, -0.15) is 0 Å². The van der Waals surface area contributed by atoms with Crippen LogP contribution in [-0.4, -0.2) is 15.4 Å². The van der Waals surface area contributed by atoms with Gasteiger partial charge in [-0.1, -0.05) is 53.3 Å². The maximum absolute atomic E-state index is 13.7. The Kier molecular flexibility index (Phi) is 6.75. The van der Waals surface area contributed by atoms with Gasteiger partial charge in [-0.15, -0.1) is 0 Å². The number of allylic oxidation sites excluding steroid dienone is 1. The van der Waals surface area contributed by atoms with Gasteiger partial charge in [0.05, 0.1) is 26.3 Å². The Balaban J connectivity index is 1.73. The van der Waals surface area contributed by atoms with Crippen LogP contribution in [0.1, 0.15) is 24.1 Å². The first kappa shape index (κ1) is 25.2. The Bertz CT molecular complexity index is 1810. The molecule has 4 aromatic rings. The van der Waals surface area contributed by atoms with E-state index in [2.05, 4.69) is 10.3 Å². The molecule has 11 heteroatoms. The van der Waals surface area contributed by atoms with Gasteiger partial charge in [0.25, 0.3) is 17.2 Å². The largest absolute Gasteiger partial charge is 0.322 e. The number of rotatable bonds is 5. The number of anilines is 1. The van der Waals surface area contributed by atoms with Gasteiger partial charge in [0.1, 0.15) is 11.9 Å². The number of halogens is 2. The minimum atomic E-state index is -1.14. The fourth-order valence-corrected chi connectivity index (χ4v) is 5.48. The molecule has 1 aliphatic rings. The second-order valence-corrected chi connectivity index (χ2v) is 9.80. The average Bonchev–Trinajstić information content (AvgIpc) is 3.20. The fraction of sp³-hybridized carbons (Fsp3) is 0.0741. The highest BCUT2D eigenvalue weighted by Crippen LogP contribution is 2.35. The van der Waals surface area contributed by atoms with E-state index < -0.39 is 28.2 Å². The third kappa shape index (κ3) is 4.67. The molecule has 0 saturated heterocycles. The summed E-state index contributed by atoms with van der Waals surface area (Å²) in [6, 6.07) is 17.0. The smallest absolute Gasteiger partial charge is 0.275 e. The van der Waals surface area contributed by atoms with Gasteiger partial charge in [-0.25, -0.2) is 9.38 Å². The number of carbonyl (C=O) groups is 1. The lowest BCUT2D eigenvalue weighted by atomic mass is 9.93. The first-order chi connectivity index (χ1) is 18.2. The molecule has 0 saturated carbocycles. The summed E-state index contributed by atoms with van der Waals surface area (Å²) in [4.78, 5) is 43.5. The summed E-state index contributed by atoms with van der Waals surface area (Å²) in [5, 5.41) is 15.1. The highest BCUT2D eigenvalue weighted by molar-refractivity contribution is 7.07. The van der Waals surface area contributed by atoms with Crippen molar-refractivity contribution in [3.63, 3.8) is 0 Å². The van der Waals surface area contributed by atoms with Gasteiger partial charge in [-0.05, 0) is 55.0 Å². The van der Waals surface area contributed by atoms with E-state index in [1.165, 1.54) is 47.0 Å². The first-order valence-electron chi connectivity index (χ1n) is 11.3. The number of thiazole rings is 1. The predicted octanol–water partition coefficient (Wildman–Crippen LogP) is 4.57. The minimum absolute atomic E-state index is 0.0559. The number of nitrogens with zero attached hydrogens (tertiary/aromatic N) is 3. The molecule has 1 atom stereocenters. The number of carbonyl (C=O) groups excluding carboxylic acids is 1. The molecule has 190 valence electrons. The van der Waals surface area contributed by atoms with Crippen molar-refractivity contribution < 1.29 is 14.1 Å². The molecule has 1 aliphatic heterocycles. The summed E-state index contributed by atoms with van der Waals surface area (Å²) < 4.78 is 15.0. The summed E-state index contributed by atoms with van der Waals surface area (Å²) in [5.41, 5.74) is 0.706. The van der Waals surface area contributed by atoms with E-state index in [1.54, 1.807) is 43.3 Å². The van der Waals surface area contributed by atoms with Crippen molar-refractivity contribution in [1.29, 1.82) is 0 Å². The molecule has 0 spiro atoms. The third-order valence-electron chi connectivity index (χ3n) is 5.99. The Labute approximate surface area is 223 Å². The number of fused-ring (bicyclic) bond motifs is 1. The number of para-hydroxylation sites is 1. The van der Waals surface area contributed by atoms with Crippen LogP contribution in [0.2, 0.25) is 5.02 Å². The fourth-order valence-electron chi connectivity index (χ4n) is 4.26. The molecular weight excluding hydrogens is 531 g/mol. The number of nitro groups is 1. The summed E-state index contributed by atoms with van der Waals surface area (Å²) in [7, 11) is 0. The lowest BCUT2D eigenvalue weighted by molar-refractivity contribution is -0.385. The number of hydrogen-bond acceptors (Lipinski definition) is 6. The third-order valence-corrected chi connectivity index (χ3v) is 7.32. The van der Waals surface area contributed by atoms with E-state index in [0.717, 1.165) is 11.3 Å². The van der Waals surface area contributed by atoms with Gasteiger partial charge in [0, 0.05) is 16.8 Å². The van der Waals surface area contributed by atoms with E-state index in [0.29, 0.717) is 26.5 Å². The summed E-state index contributed by atoms with van der Waals surface area (Å²) in [6.45, 7) is 1.60. The van der Waals surface area contributed by atoms with E-state index in [1.807, 2.05) is 0 Å². The second kappa shape index (κ2) is 10.2. The number of hydrogen-bond donors (Lipinski definition) is 1. The zero-order valence-corrected chi connectivity index (χ0v) is 21.3. The van der Waals surface area contributed by atoms with E-state index in [4.69, 9.17) is 11.6 Å². The number of nitrogens with one attached hydrogen (secondary N) is 1. The molecule has 1 aromatic heterocycles. The molecule has 2 heterocycles. The Morgan fingerprint density at radius 1 is 1.13 bits per heavy atom. The van der Waals surface area contributed by atoms with E-state index in [9.17, 15) is 24.1 Å². The molecule has 5 rings (SSSR count). The Hall–Kier alpha value is -4.41. The van der Waals surface area contributed by atoms with Gasteiger partial charge in [0.2, 0.25) is 0 Å². The van der Waals surface area contributed by atoms with Crippen molar-refractivity contribution in [3.8, 4) is 0 Å². The summed E-state index contributed by atoms with van der Waals surface area (Å²) in [6.07, 6.45) is 1.63. The van der Waals surface area contributed by atoms with E-state index in [-0.39, 0.29) is 21.6 Å². The van der Waals surface area contributed by atoms with Gasteiger partial charge in [0.15, 0.2) is 4.80 Å². The number of aromatic nitrogens is 1. The molecule has 3 aromatic carbocycles. The van der Waals surface area contributed by atoms with Crippen molar-refractivity contribution in [2.24, 2.45) is 4.99 Å². The molecule has 38 heavy (non-hydrogen) atoms. The zero-order valence-electron chi connectivity index (χ0n) is 19.7. The van der Waals surface area contributed by atoms with Crippen molar-refractivity contribution in [3.05, 3.63) is 136 Å². The highest BCUT2D eigenvalue weighted by atomic mass is 35.5. The molecular formula is C27H18ClFN4O4S. The zero-order chi connectivity index (χ0) is 27.0. The van der Waals surface area contributed by atoms with Crippen LogP contribution < -0.4 is 20.2 Å². The summed E-state index contributed by atoms with van der Waals surface area (Å²) >= 11 is 7.38. The molecule has 1 unspecified atom stereocenters. The topological polar surface area (TPSA) is 107 Å². The molecule has 1 N–H and O–H groups in total. The Morgan fingerprint density at radius 3 is 2.53 bits per heavy atom. The lowest BCUT2D eigenvalue weighted by Gasteiger charge is -2.25. The molecule has 0 aliphatic carbocycles. The maximum atomic E-state index is 13.7. The van der Waals surface area contributed by atoms with Crippen molar-refractivity contribution in [2.45, 2.75) is 13.0 Å². The second-order valence-electron chi connectivity index (χ2n) is 8.38. The molecule has 1 amide bonds. The Morgan fingerprint density at radius 2 is 1.82 bits per heavy atom. The van der Waals surface area contributed by atoms with E-state index >= 15 is 0 Å². The maximum Gasteiger partial charge on any atom is 0.275 e. The van der Waals surface area contributed by atoms with Crippen LogP contribution in [0.5, 0.6) is 0 Å². The van der Waals surface area contributed by atoms with Crippen molar-refractivity contribution in [1.82, 2.24) is 4.57 Å². The number of amides is 1. The standard InChI is InChI=1S/C27H18ClFN4O4S/c1-15-23(25(34)31-18-12-10-17(29)11-13-18)24(19-7-3-5-9-21(19)33(36)37)32-26(35)22(38-27(32)30-15)14-16-6-2-4-8-20(16)28/h2-14,24H,1H3,(H,31,34)/b22-14+. The lowest BCUT2D eigenvalue weighted by Crippen LogP contribution is -2.40. The van der Waals surface area contributed by atoms with Crippen LogP contribution in [0.4, 0.5) is 15.8 Å². The van der Waals surface area contributed by atoms with Crippen molar-refractivity contribution in [2.75, 3.05) is 5.32 Å². The molecule has 0 fully saturated rings. The van der Waals surface area contributed by atoms with Crippen molar-refractivity contribution >= 4 is 46.3 Å². The van der Waals surface area contributed by atoms with Crippen LogP contribution in [0, 0.1) is 15.9 Å². The van der Waals surface area contributed by atoms with Crippen LogP contribution in [0.25, 0.3) is 6.08 Å². The quantitative estimate of drug-likeness (QED) is 0.291. The highest BCUT2D eigenvalue weighted by Gasteiger charge is 2.36. The first-order valence-corrected chi connectivity index (χ1v) is 12.5. The monoisotopic (exact) mass is 548 g/mol. The van der Waals surface area contributed by atoms with Crippen LogP contribution >= 0.6 is 22.9 Å². The minimum Gasteiger partial charge on any atom is -0.322 e. The van der Waals surface area contributed by atoms with Gasteiger partial charge >= 0.3 is 0 Å². The summed E-state index contributed by atoms with van der Waals surface area (Å²) in [5.74, 6) is -1.10. The van der Waals surface area contributed by atoms with Crippen LogP contribution in [0.3, 0.4) is 0 Å². The van der Waals surface area contributed by atoms with Crippen LogP contribution in [-0.2, 0) is 4.79 Å². The normalized spacial score (nSPS) is 15.1.